The van der Waals surface area contributed by atoms with Gasteiger partial charge in [-0.05, 0) is 26.2 Å². The molecular weight excluding hydrogens is 260 g/mol. The number of imidazole rings is 1. The second-order valence-corrected chi connectivity index (χ2v) is 5.69. The Balaban J connectivity index is 1.86. The molecule has 3 heterocycles. The van der Waals surface area contributed by atoms with Crippen LogP contribution in [0.1, 0.15) is 46.6 Å². The fraction of sp³-hybridized carbons (Fsp3) is 0.462. The second kappa shape index (κ2) is 5.13. The Morgan fingerprint density at radius 1 is 1.47 bits per heavy atom. The molecule has 1 aliphatic rings. The van der Waals surface area contributed by atoms with Crippen LogP contribution in [0.3, 0.4) is 0 Å². The molecule has 0 bridgehead atoms. The van der Waals surface area contributed by atoms with Gasteiger partial charge >= 0.3 is 0 Å². The molecule has 0 spiro atoms. The van der Waals surface area contributed by atoms with Gasteiger partial charge in [0.25, 0.3) is 5.91 Å². The van der Waals surface area contributed by atoms with Crippen molar-refractivity contribution in [3.63, 3.8) is 0 Å². The molecule has 0 saturated carbocycles. The SMILES string of the molecule is Cc1ncc(C(=O)N2CCCC[C@H]2c2nccs2)[nH]1. The standard InChI is InChI=1S/C13H16N4OS/c1-9-15-8-10(16-9)13(18)17-6-3-2-4-11(17)12-14-5-7-19-12/h5,7-8,11H,2-4,6H2,1H3,(H,15,16)/t11-/m0/s1. The lowest BCUT2D eigenvalue weighted by atomic mass is 10.0. The second-order valence-electron chi connectivity index (χ2n) is 4.76. The highest BCUT2D eigenvalue weighted by atomic mass is 32.1. The number of rotatable bonds is 2. The number of H-pyrrole nitrogens is 1. The van der Waals surface area contributed by atoms with Crippen molar-refractivity contribution in [2.75, 3.05) is 6.54 Å². The molecule has 1 fully saturated rings. The van der Waals surface area contributed by atoms with Gasteiger partial charge in [-0.25, -0.2) is 9.97 Å². The van der Waals surface area contributed by atoms with Crippen LogP contribution in [0.5, 0.6) is 0 Å². The van der Waals surface area contributed by atoms with Crippen molar-refractivity contribution >= 4 is 17.2 Å². The van der Waals surface area contributed by atoms with Crippen LogP contribution in [-0.2, 0) is 0 Å². The Morgan fingerprint density at radius 3 is 3.05 bits per heavy atom. The van der Waals surface area contributed by atoms with E-state index < -0.39 is 0 Å². The molecule has 1 amide bonds. The number of carbonyl (C=O) groups is 1. The van der Waals surface area contributed by atoms with Gasteiger partial charge in [0.15, 0.2) is 0 Å². The summed E-state index contributed by atoms with van der Waals surface area (Å²) in [7, 11) is 0. The van der Waals surface area contributed by atoms with Crippen molar-refractivity contribution in [2.24, 2.45) is 0 Å². The van der Waals surface area contributed by atoms with Crippen LogP contribution in [0, 0.1) is 6.92 Å². The number of thiazole rings is 1. The van der Waals surface area contributed by atoms with E-state index in [9.17, 15) is 4.79 Å². The molecule has 6 heteroatoms. The number of aromatic nitrogens is 3. The van der Waals surface area contributed by atoms with Crippen molar-refractivity contribution in [2.45, 2.75) is 32.2 Å². The van der Waals surface area contributed by atoms with E-state index in [0.29, 0.717) is 5.69 Å². The third-order valence-electron chi connectivity index (χ3n) is 3.43. The van der Waals surface area contributed by atoms with Crippen LogP contribution in [-0.4, -0.2) is 32.3 Å². The average Bonchev–Trinajstić information content (AvgIpc) is 3.09. The van der Waals surface area contributed by atoms with Crippen LogP contribution in [0.25, 0.3) is 0 Å². The van der Waals surface area contributed by atoms with Crippen LogP contribution in [0.2, 0.25) is 0 Å². The first kappa shape index (κ1) is 12.3. The van der Waals surface area contributed by atoms with Gasteiger partial charge in [0.05, 0.1) is 12.2 Å². The maximum atomic E-state index is 12.6. The molecule has 5 nitrogen and oxygen atoms in total. The Hall–Kier alpha value is -1.69. The highest BCUT2D eigenvalue weighted by Gasteiger charge is 2.30. The van der Waals surface area contributed by atoms with Crippen LogP contribution < -0.4 is 0 Å². The molecule has 0 radical (unpaired) electrons. The summed E-state index contributed by atoms with van der Waals surface area (Å²) in [5, 5.41) is 3.00. The predicted octanol–water partition coefficient (Wildman–Crippen LogP) is 2.54. The Bertz CT molecular complexity index is 563. The zero-order valence-electron chi connectivity index (χ0n) is 10.8. The van der Waals surface area contributed by atoms with Crippen molar-refractivity contribution in [3.05, 3.63) is 34.3 Å². The zero-order chi connectivity index (χ0) is 13.2. The average molecular weight is 276 g/mol. The molecule has 19 heavy (non-hydrogen) atoms. The van der Waals surface area contributed by atoms with Crippen LogP contribution in [0.15, 0.2) is 17.8 Å². The molecule has 1 N–H and O–H groups in total. The van der Waals surface area contributed by atoms with E-state index in [1.54, 1.807) is 23.7 Å². The van der Waals surface area contributed by atoms with Gasteiger partial charge < -0.3 is 9.88 Å². The van der Waals surface area contributed by atoms with Crippen molar-refractivity contribution in [3.8, 4) is 0 Å². The maximum Gasteiger partial charge on any atom is 0.272 e. The summed E-state index contributed by atoms with van der Waals surface area (Å²) in [5.74, 6) is 0.798. The Kier molecular flexibility index (Phi) is 3.33. The van der Waals surface area contributed by atoms with Gasteiger partial charge in [0.2, 0.25) is 0 Å². The number of likely N-dealkylation sites (tertiary alicyclic amines) is 1. The summed E-state index contributed by atoms with van der Waals surface area (Å²) in [4.78, 5) is 26.0. The van der Waals surface area contributed by atoms with Gasteiger partial charge in [-0.15, -0.1) is 11.3 Å². The normalized spacial score (nSPS) is 19.6. The Morgan fingerprint density at radius 2 is 2.37 bits per heavy atom. The molecule has 100 valence electrons. The van der Waals surface area contributed by atoms with E-state index in [4.69, 9.17) is 0 Å². The molecule has 2 aromatic heterocycles. The minimum atomic E-state index is 0.0282. The molecule has 1 saturated heterocycles. The van der Waals surface area contributed by atoms with E-state index in [1.807, 2.05) is 17.2 Å². The molecule has 0 aliphatic carbocycles. The number of nitrogens with zero attached hydrogens (tertiary/aromatic N) is 3. The summed E-state index contributed by atoms with van der Waals surface area (Å²) in [6, 6.07) is 0.116. The monoisotopic (exact) mass is 276 g/mol. The Labute approximate surface area is 115 Å². The summed E-state index contributed by atoms with van der Waals surface area (Å²) in [5.41, 5.74) is 0.570. The number of aromatic amines is 1. The number of amides is 1. The van der Waals surface area contributed by atoms with Crippen molar-refractivity contribution in [1.29, 1.82) is 0 Å². The van der Waals surface area contributed by atoms with Gasteiger partial charge in [-0.2, -0.15) is 0 Å². The van der Waals surface area contributed by atoms with Crippen molar-refractivity contribution in [1.82, 2.24) is 19.9 Å². The number of nitrogens with one attached hydrogen (secondary N) is 1. The summed E-state index contributed by atoms with van der Waals surface area (Å²) in [6.45, 7) is 2.65. The summed E-state index contributed by atoms with van der Waals surface area (Å²) < 4.78 is 0. The van der Waals surface area contributed by atoms with Crippen LogP contribution >= 0.6 is 11.3 Å². The quantitative estimate of drug-likeness (QED) is 0.917. The number of piperidine rings is 1. The lowest BCUT2D eigenvalue weighted by Gasteiger charge is -2.34. The van der Waals surface area contributed by atoms with Crippen LogP contribution in [0.4, 0.5) is 0 Å². The molecule has 2 aromatic rings. The van der Waals surface area contributed by atoms with Gasteiger partial charge in [-0.3, -0.25) is 4.79 Å². The van der Waals surface area contributed by atoms with E-state index >= 15 is 0 Å². The largest absolute Gasteiger partial charge is 0.338 e. The van der Waals surface area contributed by atoms with E-state index in [2.05, 4.69) is 15.0 Å². The van der Waals surface area contributed by atoms with Crippen molar-refractivity contribution < 1.29 is 4.79 Å². The molecule has 0 unspecified atom stereocenters. The predicted molar refractivity (Wildman–Crippen MR) is 73.1 cm³/mol. The molecular formula is C13H16N4OS. The minimum absolute atomic E-state index is 0.0282. The highest BCUT2D eigenvalue weighted by Crippen LogP contribution is 2.32. The number of aryl methyl sites for hydroxylation is 1. The summed E-state index contributed by atoms with van der Waals surface area (Å²) >= 11 is 1.62. The maximum absolute atomic E-state index is 12.6. The number of carbonyl (C=O) groups excluding carboxylic acids is 1. The van der Waals surface area contributed by atoms with Gasteiger partial charge in [0.1, 0.15) is 16.5 Å². The van der Waals surface area contributed by atoms with E-state index in [0.717, 1.165) is 36.6 Å². The third kappa shape index (κ3) is 2.40. The van der Waals surface area contributed by atoms with Gasteiger partial charge in [0, 0.05) is 18.1 Å². The molecule has 1 atom stereocenters. The first-order valence-electron chi connectivity index (χ1n) is 6.47. The lowest BCUT2D eigenvalue weighted by molar-refractivity contribution is 0.0605. The summed E-state index contributed by atoms with van der Waals surface area (Å²) in [6.07, 6.45) is 6.62. The fourth-order valence-electron chi connectivity index (χ4n) is 2.51. The third-order valence-corrected chi connectivity index (χ3v) is 4.31. The van der Waals surface area contributed by atoms with Gasteiger partial charge in [-0.1, -0.05) is 0 Å². The topological polar surface area (TPSA) is 61.9 Å². The zero-order valence-corrected chi connectivity index (χ0v) is 11.6. The fourth-order valence-corrected chi connectivity index (χ4v) is 3.30. The molecule has 0 aromatic carbocycles. The van der Waals surface area contributed by atoms with E-state index in [-0.39, 0.29) is 11.9 Å². The highest BCUT2D eigenvalue weighted by molar-refractivity contribution is 7.09. The minimum Gasteiger partial charge on any atom is -0.338 e. The van der Waals surface area contributed by atoms with E-state index in [1.165, 1.54) is 0 Å². The molecule has 1 aliphatic heterocycles. The number of hydrogen-bond donors (Lipinski definition) is 1. The number of hydrogen-bond acceptors (Lipinski definition) is 4. The molecule has 3 rings (SSSR count). The first-order chi connectivity index (χ1) is 9.25. The smallest absolute Gasteiger partial charge is 0.272 e. The lowest BCUT2D eigenvalue weighted by Crippen LogP contribution is -2.38. The first-order valence-corrected chi connectivity index (χ1v) is 7.35.